The number of halogens is 1. The maximum absolute atomic E-state index is 13.4. The molecule has 0 saturated carbocycles. The van der Waals surface area contributed by atoms with Crippen LogP contribution in [0.2, 0.25) is 0 Å². The first-order valence-corrected chi connectivity index (χ1v) is 4.64. The van der Waals surface area contributed by atoms with Gasteiger partial charge in [-0.05, 0) is 23.5 Å². The average Bonchev–Trinajstić information content (AvgIpc) is 2.06. The minimum Gasteiger partial charge on any atom is -0.382 e. The molecule has 2 rings (SSSR count). The zero-order valence-corrected chi connectivity index (χ0v) is 8.02. The van der Waals surface area contributed by atoms with Crippen molar-refractivity contribution in [2.24, 2.45) is 0 Å². The molecule has 70 valence electrons. The SMILES string of the molecule is CC1(C)CCNc2c(F)cccc21. The van der Waals surface area contributed by atoms with Crippen LogP contribution in [-0.2, 0) is 5.41 Å². The van der Waals surface area contributed by atoms with Crippen molar-refractivity contribution in [1.29, 1.82) is 0 Å². The molecule has 1 nitrogen and oxygen atoms in total. The van der Waals surface area contributed by atoms with Gasteiger partial charge in [0.2, 0.25) is 0 Å². The Morgan fingerprint density at radius 2 is 2.15 bits per heavy atom. The van der Waals surface area contributed by atoms with Gasteiger partial charge in [-0.2, -0.15) is 0 Å². The van der Waals surface area contributed by atoms with Crippen LogP contribution in [0, 0.1) is 5.82 Å². The van der Waals surface area contributed by atoms with E-state index in [0.717, 1.165) is 18.5 Å². The molecule has 1 aliphatic rings. The van der Waals surface area contributed by atoms with E-state index >= 15 is 0 Å². The van der Waals surface area contributed by atoms with Crippen LogP contribution in [0.25, 0.3) is 0 Å². The number of hydrogen-bond donors (Lipinski definition) is 1. The second-order valence-corrected chi connectivity index (χ2v) is 4.22. The molecule has 1 aromatic carbocycles. The second-order valence-electron chi connectivity index (χ2n) is 4.22. The molecule has 2 heteroatoms. The predicted octanol–water partition coefficient (Wildman–Crippen LogP) is 2.92. The fourth-order valence-corrected chi connectivity index (χ4v) is 1.90. The Labute approximate surface area is 78.0 Å². The molecule has 1 heterocycles. The van der Waals surface area contributed by atoms with Crippen molar-refractivity contribution in [2.75, 3.05) is 11.9 Å². The summed E-state index contributed by atoms with van der Waals surface area (Å²) in [6, 6.07) is 5.29. The first-order valence-electron chi connectivity index (χ1n) is 4.64. The third kappa shape index (κ3) is 1.30. The lowest BCUT2D eigenvalue weighted by atomic mass is 9.78. The molecule has 1 aliphatic heterocycles. The van der Waals surface area contributed by atoms with E-state index < -0.39 is 0 Å². The zero-order valence-electron chi connectivity index (χ0n) is 8.02. The van der Waals surface area contributed by atoms with Gasteiger partial charge in [0.25, 0.3) is 0 Å². The van der Waals surface area contributed by atoms with Crippen molar-refractivity contribution in [3.05, 3.63) is 29.6 Å². The predicted molar refractivity (Wildman–Crippen MR) is 52.5 cm³/mol. The Balaban J connectivity index is 2.58. The standard InChI is InChI=1S/C11H14FN/c1-11(2)6-7-13-10-8(11)4-3-5-9(10)12/h3-5,13H,6-7H2,1-2H3. The van der Waals surface area contributed by atoms with Gasteiger partial charge in [-0.1, -0.05) is 26.0 Å². The average molecular weight is 179 g/mol. The Hall–Kier alpha value is -1.05. The normalized spacial score (nSPS) is 19.0. The molecular weight excluding hydrogens is 165 g/mol. The molecule has 0 spiro atoms. The summed E-state index contributed by atoms with van der Waals surface area (Å²) < 4.78 is 13.4. The van der Waals surface area contributed by atoms with E-state index in [1.165, 1.54) is 6.07 Å². The Morgan fingerprint density at radius 3 is 2.85 bits per heavy atom. The van der Waals surface area contributed by atoms with Gasteiger partial charge >= 0.3 is 0 Å². The van der Waals surface area contributed by atoms with Gasteiger partial charge in [-0.25, -0.2) is 4.39 Å². The Bertz CT molecular complexity index is 331. The summed E-state index contributed by atoms with van der Waals surface area (Å²) in [6.07, 6.45) is 1.06. The molecule has 0 aromatic heterocycles. The molecular formula is C11H14FN. The van der Waals surface area contributed by atoms with E-state index in [0.29, 0.717) is 5.69 Å². The highest BCUT2D eigenvalue weighted by Gasteiger charge is 2.28. The summed E-state index contributed by atoms with van der Waals surface area (Å²) in [5.74, 6) is -0.134. The summed E-state index contributed by atoms with van der Waals surface area (Å²) in [5, 5.41) is 3.11. The lowest BCUT2D eigenvalue weighted by molar-refractivity contribution is 0.474. The third-order valence-corrected chi connectivity index (χ3v) is 2.79. The maximum atomic E-state index is 13.4. The van der Waals surface area contributed by atoms with Crippen LogP contribution in [0.4, 0.5) is 10.1 Å². The maximum Gasteiger partial charge on any atom is 0.146 e. The van der Waals surface area contributed by atoms with Gasteiger partial charge in [0.15, 0.2) is 0 Å². The van der Waals surface area contributed by atoms with E-state index in [-0.39, 0.29) is 11.2 Å². The number of rotatable bonds is 0. The van der Waals surface area contributed by atoms with E-state index in [2.05, 4.69) is 19.2 Å². The van der Waals surface area contributed by atoms with Crippen LogP contribution < -0.4 is 5.32 Å². The first kappa shape index (κ1) is 8.54. The van der Waals surface area contributed by atoms with Crippen LogP contribution in [0.5, 0.6) is 0 Å². The first-order chi connectivity index (χ1) is 6.11. The number of nitrogens with one attached hydrogen (secondary N) is 1. The van der Waals surface area contributed by atoms with Crippen molar-refractivity contribution < 1.29 is 4.39 Å². The van der Waals surface area contributed by atoms with E-state index in [1.807, 2.05) is 6.07 Å². The number of hydrogen-bond acceptors (Lipinski definition) is 1. The van der Waals surface area contributed by atoms with Gasteiger partial charge in [-0.15, -0.1) is 0 Å². The van der Waals surface area contributed by atoms with Crippen molar-refractivity contribution in [3.63, 3.8) is 0 Å². The molecule has 1 N–H and O–H groups in total. The largest absolute Gasteiger partial charge is 0.382 e. The zero-order chi connectivity index (χ0) is 9.47. The molecule has 0 unspecified atom stereocenters. The minimum atomic E-state index is -0.134. The fourth-order valence-electron chi connectivity index (χ4n) is 1.90. The molecule has 0 atom stereocenters. The summed E-state index contributed by atoms with van der Waals surface area (Å²) >= 11 is 0. The lowest BCUT2D eigenvalue weighted by Crippen LogP contribution is -2.28. The quantitative estimate of drug-likeness (QED) is 0.645. The Kier molecular flexibility index (Phi) is 1.79. The van der Waals surface area contributed by atoms with E-state index in [1.54, 1.807) is 6.07 Å². The highest BCUT2D eigenvalue weighted by molar-refractivity contribution is 5.57. The molecule has 0 bridgehead atoms. The van der Waals surface area contributed by atoms with E-state index in [4.69, 9.17) is 0 Å². The van der Waals surface area contributed by atoms with Gasteiger partial charge in [0.05, 0.1) is 5.69 Å². The number of fused-ring (bicyclic) bond motifs is 1. The number of anilines is 1. The van der Waals surface area contributed by atoms with Crippen molar-refractivity contribution in [2.45, 2.75) is 25.7 Å². The van der Waals surface area contributed by atoms with Gasteiger partial charge < -0.3 is 5.32 Å². The second kappa shape index (κ2) is 2.72. The van der Waals surface area contributed by atoms with Crippen LogP contribution in [-0.4, -0.2) is 6.54 Å². The monoisotopic (exact) mass is 179 g/mol. The molecule has 1 aromatic rings. The van der Waals surface area contributed by atoms with Gasteiger partial charge in [0.1, 0.15) is 5.82 Å². The van der Waals surface area contributed by atoms with Crippen LogP contribution in [0.3, 0.4) is 0 Å². The summed E-state index contributed by atoms with van der Waals surface area (Å²) in [6.45, 7) is 5.18. The van der Waals surface area contributed by atoms with Crippen LogP contribution >= 0.6 is 0 Å². The summed E-state index contributed by atoms with van der Waals surface area (Å²) in [5.41, 5.74) is 1.89. The lowest BCUT2D eigenvalue weighted by Gasteiger charge is -2.33. The molecule has 0 aliphatic carbocycles. The highest BCUT2D eigenvalue weighted by atomic mass is 19.1. The van der Waals surface area contributed by atoms with Crippen molar-refractivity contribution in [3.8, 4) is 0 Å². The smallest absolute Gasteiger partial charge is 0.146 e. The topological polar surface area (TPSA) is 12.0 Å². The minimum absolute atomic E-state index is 0.0999. The fraction of sp³-hybridized carbons (Fsp3) is 0.455. The highest BCUT2D eigenvalue weighted by Crippen LogP contribution is 2.37. The molecule has 0 fully saturated rings. The summed E-state index contributed by atoms with van der Waals surface area (Å²) in [7, 11) is 0. The van der Waals surface area contributed by atoms with Gasteiger partial charge in [-0.3, -0.25) is 0 Å². The van der Waals surface area contributed by atoms with E-state index in [9.17, 15) is 4.39 Å². The van der Waals surface area contributed by atoms with Crippen LogP contribution in [0.1, 0.15) is 25.8 Å². The van der Waals surface area contributed by atoms with Crippen LogP contribution in [0.15, 0.2) is 18.2 Å². The molecule has 0 saturated heterocycles. The molecule has 0 amide bonds. The molecule has 13 heavy (non-hydrogen) atoms. The van der Waals surface area contributed by atoms with Crippen molar-refractivity contribution >= 4 is 5.69 Å². The number of para-hydroxylation sites is 1. The Morgan fingerprint density at radius 1 is 1.38 bits per heavy atom. The molecule has 0 radical (unpaired) electrons. The van der Waals surface area contributed by atoms with Gasteiger partial charge in [0, 0.05) is 6.54 Å². The summed E-state index contributed by atoms with van der Waals surface area (Å²) in [4.78, 5) is 0. The third-order valence-electron chi connectivity index (χ3n) is 2.79. The van der Waals surface area contributed by atoms with Crippen molar-refractivity contribution in [1.82, 2.24) is 0 Å². The number of benzene rings is 1.